The second kappa shape index (κ2) is 6.60. The highest BCUT2D eigenvalue weighted by molar-refractivity contribution is 7.92. The van der Waals surface area contributed by atoms with Gasteiger partial charge in [-0.1, -0.05) is 38.1 Å². The van der Waals surface area contributed by atoms with Gasteiger partial charge >= 0.3 is 10.2 Å². The van der Waals surface area contributed by atoms with E-state index >= 15 is 4.39 Å². The minimum absolute atomic E-state index is 0.166. The summed E-state index contributed by atoms with van der Waals surface area (Å²) in [6, 6.07) is 6.31. The summed E-state index contributed by atoms with van der Waals surface area (Å²) in [7, 11) is -4.22. The SMILES string of the molecule is CC(C)C/C=C/c1ccc2cc(O)c(N3CC(=O)NS3(=O)=O)c(F)c2c1. The van der Waals surface area contributed by atoms with Gasteiger partial charge in [0.1, 0.15) is 18.0 Å². The first-order valence-electron chi connectivity index (χ1n) is 8.14. The van der Waals surface area contributed by atoms with E-state index in [-0.39, 0.29) is 5.39 Å². The van der Waals surface area contributed by atoms with Crippen LogP contribution in [0.25, 0.3) is 16.8 Å². The van der Waals surface area contributed by atoms with Crippen LogP contribution >= 0.6 is 0 Å². The summed E-state index contributed by atoms with van der Waals surface area (Å²) in [5, 5.41) is 10.7. The lowest BCUT2D eigenvalue weighted by atomic mass is 10.0. The second-order valence-electron chi connectivity index (χ2n) is 6.61. The maximum atomic E-state index is 15.1. The number of nitrogens with one attached hydrogen (secondary N) is 1. The zero-order valence-electron chi connectivity index (χ0n) is 14.4. The van der Waals surface area contributed by atoms with Crippen molar-refractivity contribution in [3.63, 3.8) is 0 Å². The number of benzene rings is 2. The molecule has 0 aliphatic carbocycles. The summed E-state index contributed by atoms with van der Waals surface area (Å²) in [5.74, 6) is -1.72. The summed E-state index contributed by atoms with van der Waals surface area (Å²) in [6.45, 7) is 3.60. The van der Waals surface area contributed by atoms with Crippen molar-refractivity contribution in [2.24, 2.45) is 5.92 Å². The van der Waals surface area contributed by atoms with Crippen molar-refractivity contribution in [2.75, 3.05) is 10.8 Å². The molecule has 1 heterocycles. The van der Waals surface area contributed by atoms with Gasteiger partial charge in [0, 0.05) is 5.39 Å². The maximum absolute atomic E-state index is 15.1. The van der Waals surface area contributed by atoms with E-state index in [9.17, 15) is 18.3 Å². The molecule has 138 valence electrons. The van der Waals surface area contributed by atoms with Gasteiger partial charge in [0.05, 0.1) is 0 Å². The van der Waals surface area contributed by atoms with Gasteiger partial charge in [-0.15, -0.1) is 0 Å². The summed E-state index contributed by atoms with van der Waals surface area (Å²) >= 11 is 0. The van der Waals surface area contributed by atoms with E-state index in [0.717, 1.165) is 12.0 Å². The van der Waals surface area contributed by atoms with Crippen molar-refractivity contribution in [3.8, 4) is 5.75 Å². The van der Waals surface area contributed by atoms with Crippen molar-refractivity contribution in [3.05, 3.63) is 41.7 Å². The van der Waals surface area contributed by atoms with Gasteiger partial charge < -0.3 is 5.11 Å². The molecule has 1 fully saturated rings. The highest BCUT2D eigenvalue weighted by Gasteiger charge is 2.37. The normalized spacial score (nSPS) is 16.8. The predicted octanol–water partition coefficient (Wildman–Crippen LogP) is 2.92. The number of rotatable bonds is 4. The number of fused-ring (bicyclic) bond motifs is 1. The van der Waals surface area contributed by atoms with Crippen LogP contribution in [0, 0.1) is 11.7 Å². The first-order valence-corrected chi connectivity index (χ1v) is 9.58. The fourth-order valence-corrected chi connectivity index (χ4v) is 3.97. The fourth-order valence-electron chi connectivity index (χ4n) is 2.81. The van der Waals surface area contributed by atoms with Crippen molar-refractivity contribution in [2.45, 2.75) is 20.3 Å². The molecule has 0 atom stereocenters. The molecule has 2 aromatic carbocycles. The lowest BCUT2D eigenvalue weighted by Crippen LogP contribution is -2.30. The smallest absolute Gasteiger partial charge is 0.326 e. The summed E-state index contributed by atoms with van der Waals surface area (Å²) in [6.07, 6.45) is 4.73. The molecule has 0 saturated carbocycles. The molecule has 0 bridgehead atoms. The molecule has 2 aromatic rings. The molecule has 0 spiro atoms. The van der Waals surface area contributed by atoms with E-state index in [4.69, 9.17) is 0 Å². The zero-order chi connectivity index (χ0) is 19.1. The molecular formula is C18H19FN2O4S. The number of nitrogens with zero attached hydrogens (tertiary/aromatic N) is 1. The number of amides is 1. The maximum Gasteiger partial charge on any atom is 0.326 e. The minimum Gasteiger partial charge on any atom is -0.506 e. The van der Waals surface area contributed by atoms with Crippen LogP contribution in [-0.2, 0) is 15.0 Å². The van der Waals surface area contributed by atoms with Crippen molar-refractivity contribution >= 4 is 38.7 Å². The number of allylic oxidation sites excluding steroid dienone is 1. The highest BCUT2D eigenvalue weighted by Crippen LogP contribution is 2.38. The minimum atomic E-state index is -4.22. The first kappa shape index (κ1) is 18.2. The Balaban J connectivity index is 2.11. The van der Waals surface area contributed by atoms with E-state index in [2.05, 4.69) is 13.8 Å². The quantitative estimate of drug-likeness (QED) is 0.856. The third kappa shape index (κ3) is 3.37. The number of hydrogen-bond donors (Lipinski definition) is 2. The van der Waals surface area contributed by atoms with E-state index in [1.54, 1.807) is 22.9 Å². The standard InChI is InChI=1S/C18H19FN2O4S/c1-11(2)4-3-5-12-6-7-13-9-15(22)18(17(19)14(13)8-12)21-10-16(23)20-26(21,24)25/h3,5-9,11,22H,4,10H2,1-2H3,(H,20,23)/b5-3+. The van der Waals surface area contributed by atoms with Crippen LogP contribution in [0.1, 0.15) is 25.8 Å². The first-order chi connectivity index (χ1) is 12.2. The third-order valence-corrected chi connectivity index (χ3v) is 5.42. The molecule has 0 radical (unpaired) electrons. The average Bonchev–Trinajstić information content (AvgIpc) is 2.80. The van der Waals surface area contributed by atoms with Crippen LogP contribution in [-0.4, -0.2) is 26.0 Å². The predicted molar refractivity (Wildman–Crippen MR) is 98.5 cm³/mol. The van der Waals surface area contributed by atoms with Crippen LogP contribution < -0.4 is 9.03 Å². The summed E-state index contributed by atoms with van der Waals surface area (Å²) < 4.78 is 41.3. The molecule has 1 aliphatic heterocycles. The number of halogens is 1. The number of carbonyl (C=O) groups excluding carboxylic acids is 1. The molecule has 1 saturated heterocycles. The number of carbonyl (C=O) groups is 1. The molecule has 1 aliphatic rings. The molecule has 6 nitrogen and oxygen atoms in total. The molecule has 0 unspecified atom stereocenters. The van der Waals surface area contributed by atoms with Gasteiger partial charge in [-0.3, -0.25) is 4.79 Å². The van der Waals surface area contributed by atoms with Crippen molar-refractivity contribution < 1.29 is 22.7 Å². The van der Waals surface area contributed by atoms with Gasteiger partial charge in [-0.05, 0) is 35.4 Å². The Morgan fingerprint density at radius 1 is 1.35 bits per heavy atom. The number of hydrogen-bond acceptors (Lipinski definition) is 4. The van der Waals surface area contributed by atoms with E-state index in [1.165, 1.54) is 6.07 Å². The van der Waals surface area contributed by atoms with Gasteiger partial charge in [0.15, 0.2) is 5.82 Å². The Morgan fingerprint density at radius 2 is 2.08 bits per heavy atom. The number of phenolic OH excluding ortho intramolecular Hbond substituents is 1. The Hall–Kier alpha value is -2.61. The third-order valence-electron chi connectivity index (χ3n) is 4.04. The van der Waals surface area contributed by atoms with E-state index in [0.29, 0.717) is 15.6 Å². The Labute approximate surface area is 151 Å². The number of aromatic hydroxyl groups is 1. The Bertz CT molecular complexity index is 1020. The highest BCUT2D eigenvalue weighted by atomic mass is 32.2. The summed E-state index contributed by atoms with van der Waals surface area (Å²) in [4.78, 5) is 11.4. The van der Waals surface area contributed by atoms with Gasteiger partial charge in [-0.2, -0.15) is 8.42 Å². The topological polar surface area (TPSA) is 86.7 Å². The van der Waals surface area contributed by atoms with Crippen LogP contribution in [0.4, 0.5) is 10.1 Å². The van der Waals surface area contributed by atoms with Gasteiger partial charge in [0.2, 0.25) is 0 Å². The molecular weight excluding hydrogens is 359 g/mol. The number of phenols is 1. The largest absolute Gasteiger partial charge is 0.506 e. The molecule has 8 heteroatoms. The molecule has 3 rings (SSSR count). The average molecular weight is 378 g/mol. The van der Waals surface area contributed by atoms with Crippen LogP contribution in [0.15, 0.2) is 30.3 Å². The molecule has 1 amide bonds. The van der Waals surface area contributed by atoms with Crippen LogP contribution in [0.2, 0.25) is 0 Å². The zero-order valence-corrected chi connectivity index (χ0v) is 15.2. The Morgan fingerprint density at radius 3 is 2.69 bits per heavy atom. The molecule has 2 N–H and O–H groups in total. The lowest BCUT2D eigenvalue weighted by Gasteiger charge is -2.18. The molecule has 26 heavy (non-hydrogen) atoms. The monoisotopic (exact) mass is 378 g/mol. The van der Waals surface area contributed by atoms with Crippen molar-refractivity contribution in [1.82, 2.24) is 4.72 Å². The molecule has 0 aromatic heterocycles. The van der Waals surface area contributed by atoms with E-state index in [1.807, 2.05) is 12.2 Å². The van der Waals surface area contributed by atoms with Crippen molar-refractivity contribution in [1.29, 1.82) is 0 Å². The van der Waals surface area contributed by atoms with Gasteiger partial charge in [-0.25, -0.2) is 13.4 Å². The van der Waals surface area contributed by atoms with Crippen LogP contribution in [0.5, 0.6) is 5.75 Å². The fraction of sp³-hybridized carbons (Fsp3) is 0.278. The van der Waals surface area contributed by atoms with E-state index < -0.39 is 39.9 Å². The van der Waals surface area contributed by atoms with Crippen LogP contribution in [0.3, 0.4) is 0 Å². The van der Waals surface area contributed by atoms with Gasteiger partial charge in [0.25, 0.3) is 5.91 Å². The number of anilines is 1. The lowest BCUT2D eigenvalue weighted by molar-refractivity contribution is -0.117. The Kier molecular flexibility index (Phi) is 4.62. The summed E-state index contributed by atoms with van der Waals surface area (Å²) in [5.41, 5.74) is 0.228. The second-order valence-corrected chi connectivity index (χ2v) is 8.20.